The maximum Gasteiger partial charge on any atom is 0.335 e. The van der Waals surface area contributed by atoms with E-state index < -0.39 is 18.5 Å². The average Bonchev–Trinajstić information content (AvgIpc) is 2.90. The molecule has 0 aliphatic heterocycles. The number of carbonyl (C=O) groups excluding carboxylic acids is 2. The summed E-state index contributed by atoms with van der Waals surface area (Å²) < 4.78 is 15.6. The van der Waals surface area contributed by atoms with Crippen molar-refractivity contribution in [2.45, 2.75) is 0 Å². The van der Waals surface area contributed by atoms with E-state index in [9.17, 15) is 9.59 Å². The maximum absolute atomic E-state index is 11.4. The summed E-state index contributed by atoms with van der Waals surface area (Å²) in [5.74, 6) is 0.0189. The first-order valence-corrected chi connectivity index (χ1v) is 10.9. The molecule has 3 rings (SSSR count). The first kappa shape index (κ1) is 25.2. The van der Waals surface area contributed by atoms with E-state index >= 15 is 0 Å². The van der Waals surface area contributed by atoms with Gasteiger partial charge in [-0.1, -0.05) is 73.8 Å². The minimum absolute atomic E-state index is 0.0123. The number of hydrogen-bond acceptors (Lipinski definition) is 6. The zero-order valence-corrected chi connectivity index (χ0v) is 19.2. The van der Waals surface area contributed by atoms with E-state index in [-0.39, 0.29) is 18.8 Å². The lowest BCUT2D eigenvalue weighted by molar-refractivity contribution is -0.140. The minimum atomic E-state index is -0.630. The van der Waals surface area contributed by atoms with Crippen LogP contribution in [0.1, 0.15) is 11.1 Å². The Morgan fingerprint density at radius 3 is 1.83 bits per heavy atom. The van der Waals surface area contributed by atoms with Crippen LogP contribution < -0.4 is 9.47 Å². The van der Waals surface area contributed by atoms with Crippen molar-refractivity contribution >= 4 is 24.1 Å². The lowest BCUT2D eigenvalue weighted by Crippen LogP contribution is -2.14. The molecule has 0 saturated carbocycles. The van der Waals surface area contributed by atoms with Crippen LogP contribution in [-0.4, -0.2) is 36.9 Å². The second-order valence-corrected chi connectivity index (χ2v) is 7.42. The summed E-state index contributed by atoms with van der Waals surface area (Å²) in [5.41, 5.74) is 4.16. The van der Waals surface area contributed by atoms with Crippen LogP contribution in [0.2, 0.25) is 0 Å². The van der Waals surface area contributed by atoms with Gasteiger partial charge in [0.1, 0.15) is 24.7 Å². The zero-order chi connectivity index (χ0) is 25.0. The Morgan fingerprint density at radius 1 is 0.771 bits per heavy atom. The van der Waals surface area contributed by atoms with Gasteiger partial charge < -0.3 is 19.3 Å². The molecule has 35 heavy (non-hydrogen) atoms. The van der Waals surface area contributed by atoms with Gasteiger partial charge in [-0.15, -0.1) is 0 Å². The molecule has 0 atom stereocenters. The Bertz CT molecular complexity index is 1190. The molecule has 0 unspecified atom stereocenters. The van der Waals surface area contributed by atoms with Crippen LogP contribution in [0.15, 0.2) is 97.6 Å². The van der Waals surface area contributed by atoms with Gasteiger partial charge in [-0.2, -0.15) is 0 Å². The van der Waals surface area contributed by atoms with Crippen molar-refractivity contribution in [3.8, 4) is 22.6 Å². The normalized spacial score (nSPS) is 10.5. The van der Waals surface area contributed by atoms with Crippen molar-refractivity contribution in [3.05, 3.63) is 109 Å². The topological polar surface area (TPSA) is 82.1 Å². The Morgan fingerprint density at radius 2 is 1.29 bits per heavy atom. The molecule has 0 bridgehead atoms. The van der Waals surface area contributed by atoms with Crippen molar-refractivity contribution in [2.24, 2.45) is 0 Å². The molecule has 0 amide bonds. The smallest absolute Gasteiger partial charge is 0.335 e. The molecule has 0 radical (unpaired) electrons. The summed E-state index contributed by atoms with van der Waals surface area (Å²) in [6, 6.07) is 23.0. The van der Waals surface area contributed by atoms with Crippen molar-refractivity contribution in [3.63, 3.8) is 0 Å². The van der Waals surface area contributed by atoms with Gasteiger partial charge in [-0.25, -0.2) is 9.59 Å². The van der Waals surface area contributed by atoms with Crippen LogP contribution in [0, 0.1) is 0 Å². The number of carbonyl (C=O) groups is 2. The summed E-state index contributed by atoms with van der Waals surface area (Å²) in [4.78, 5) is 22.7. The van der Waals surface area contributed by atoms with E-state index in [1.54, 1.807) is 12.1 Å². The molecule has 178 valence electrons. The zero-order valence-electron chi connectivity index (χ0n) is 19.2. The van der Waals surface area contributed by atoms with E-state index in [0.717, 1.165) is 28.3 Å². The molecular formula is C29H26O6. The maximum atomic E-state index is 11.4. The van der Waals surface area contributed by atoms with Gasteiger partial charge in [0.2, 0.25) is 0 Å². The molecular weight excluding hydrogens is 444 g/mol. The largest absolute Gasteiger partial charge is 0.490 e. The van der Waals surface area contributed by atoms with Gasteiger partial charge in [0.25, 0.3) is 0 Å². The average molecular weight is 471 g/mol. The van der Waals surface area contributed by atoms with E-state index in [2.05, 4.69) is 13.2 Å². The number of hydrogen-bond donors (Lipinski definition) is 1. The molecule has 0 aliphatic rings. The van der Waals surface area contributed by atoms with Gasteiger partial charge >= 0.3 is 11.9 Å². The molecule has 0 aromatic heterocycles. The second-order valence-electron chi connectivity index (χ2n) is 7.42. The molecule has 0 saturated heterocycles. The fourth-order valence-electron chi connectivity index (χ4n) is 2.99. The Hall–Kier alpha value is -4.42. The van der Waals surface area contributed by atoms with Crippen molar-refractivity contribution in [1.82, 2.24) is 0 Å². The Labute approximate surface area is 204 Å². The molecule has 1 N–H and O–H groups in total. The van der Waals surface area contributed by atoms with Gasteiger partial charge in [0.15, 0.2) is 0 Å². The van der Waals surface area contributed by atoms with Gasteiger partial charge in [0.05, 0.1) is 12.2 Å². The van der Waals surface area contributed by atoms with Crippen LogP contribution in [0.3, 0.4) is 0 Å². The molecule has 6 nitrogen and oxygen atoms in total. The van der Waals surface area contributed by atoms with Crippen LogP contribution >= 0.6 is 0 Å². The third-order valence-corrected chi connectivity index (χ3v) is 4.90. The van der Waals surface area contributed by atoms with Gasteiger partial charge in [-0.05, 0) is 46.5 Å². The lowest BCUT2D eigenvalue weighted by atomic mass is 10.0. The SMILES string of the molecule is C=CC(=O)Oc1ccc(/C=C/c2ccc(-c3ccc(OCCOC(=O)C(=C)CO)cc3)cc2)cc1. The van der Waals surface area contributed by atoms with E-state index in [4.69, 9.17) is 19.3 Å². The fourth-order valence-corrected chi connectivity index (χ4v) is 2.99. The molecule has 0 heterocycles. The van der Waals surface area contributed by atoms with Crippen LogP contribution in [-0.2, 0) is 14.3 Å². The summed E-state index contributed by atoms with van der Waals surface area (Å²) in [5, 5.41) is 8.84. The van der Waals surface area contributed by atoms with Gasteiger partial charge in [-0.3, -0.25) is 0 Å². The molecule has 0 fully saturated rings. The first-order chi connectivity index (χ1) is 17.0. The highest BCUT2D eigenvalue weighted by molar-refractivity contribution is 5.87. The second kappa shape index (κ2) is 12.7. The Balaban J connectivity index is 1.51. The summed E-state index contributed by atoms with van der Waals surface area (Å²) in [7, 11) is 0. The van der Waals surface area contributed by atoms with E-state index in [0.29, 0.717) is 11.5 Å². The third-order valence-electron chi connectivity index (χ3n) is 4.90. The lowest BCUT2D eigenvalue weighted by Gasteiger charge is -2.09. The summed E-state index contributed by atoms with van der Waals surface area (Å²) in [6.07, 6.45) is 5.12. The number of esters is 2. The molecule has 3 aromatic carbocycles. The first-order valence-electron chi connectivity index (χ1n) is 10.9. The quantitative estimate of drug-likeness (QED) is 0.138. The number of ether oxygens (including phenoxy) is 3. The minimum Gasteiger partial charge on any atom is -0.490 e. The van der Waals surface area contributed by atoms with E-state index in [1.807, 2.05) is 72.8 Å². The monoisotopic (exact) mass is 470 g/mol. The molecule has 0 aliphatic carbocycles. The summed E-state index contributed by atoms with van der Waals surface area (Å²) in [6.45, 7) is 6.63. The van der Waals surface area contributed by atoms with E-state index in [1.165, 1.54) is 0 Å². The van der Waals surface area contributed by atoms with Crippen molar-refractivity contribution < 1.29 is 28.9 Å². The van der Waals surface area contributed by atoms with Crippen LogP contribution in [0.4, 0.5) is 0 Å². The van der Waals surface area contributed by atoms with Crippen molar-refractivity contribution in [1.29, 1.82) is 0 Å². The number of rotatable bonds is 11. The fraction of sp³-hybridized carbons (Fsp3) is 0.103. The van der Waals surface area contributed by atoms with Crippen LogP contribution in [0.25, 0.3) is 23.3 Å². The summed E-state index contributed by atoms with van der Waals surface area (Å²) >= 11 is 0. The molecule has 6 heteroatoms. The molecule has 3 aromatic rings. The third kappa shape index (κ3) is 7.84. The van der Waals surface area contributed by atoms with Crippen LogP contribution in [0.5, 0.6) is 11.5 Å². The Kier molecular flexibility index (Phi) is 9.16. The predicted molar refractivity (Wildman–Crippen MR) is 136 cm³/mol. The number of aliphatic hydroxyl groups excluding tert-OH is 1. The number of benzene rings is 3. The van der Waals surface area contributed by atoms with Gasteiger partial charge in [0, 0.05) is 6.08 Å². The predicted octanol–water partition coefficient (Wildman–Crippen LogP) is 5.09. The highest BCUT2D eigenvalue weighted by Crippen LogP contribution is 2.23. The number of aliphatic hydroxyl groups is 1. The van der Waals surface area contributed by atoms with Crippen molar-refractivity contribution in [2.75, 3.05) is 19.8 Å². The highest BCUT2D eigenvalue weighted by atomic mass is 16.6. The standard InChI is InChI=1S/C29H26O6/c1-3-28(31)35-27-14-8-23(9-15-27)5-4-22-6-10-24(11-7-22)25-12-16-26(17-13-25)33-18-19-34-29(32)21(2)20-30/h3-17,30H,1-2,18-20H2/b5-4+. The molecule has 0 spiro atoms. The highest BCUT2D eigenvalue weighted by Gasteiger charge is 2.07.